The highest BCUT2D eigenvalue weighted by Crippen LogP contribution is 2.21. The lowest BCUT2D eigenvalue weighted by Gasteiger charge is -2.16. The Bertz CT molecular complexity index is 824. The van der Waals surface area contributed by atoms with Crippen molar-refractivity contribution < 1.29 is 8.42 Å². The molecular weight excluding hydrogens is 312 g/mol. The normalized spacial score (nSPS) is 12.7. The van der Waals surface area contributed by atoms with Crippen LogP contribution < -0.4 is 5.32 Å². The van der Waals surface area contributed by atoms with Crippen molar-refractivity contribution in [1.82, 2.24) is 9.29 Å². The lowest BCUT2D eigenvalue weighted by molar-refractivity contribution is 0.520. The quantitative estimate of drug-likeness (QED) is 0.909. The van der Waals surface area contributed by atoms with Crippen LogP contribution in [0.2, 0.25) is 0 Å². The van der Waals surface area contributed by atoms with Crippen molar-refractivity contribution >= 4 is 15.8 Å². The summed E-state index contributed by atoms with van der Waals surface area (Å²) in [5, 5.41) is 12.1. The van der Waals surface area contributed by atoms with Crippen molar-refractivity contribution in [3.63, 3.8) is 0 Å². The molecule has 0 fully saturated rings. The number of hydrogen-bond donors (Lipinski definition) is 1. The van der Waals surface area contributed by atoms with Crippen LogP contribution in [0.3, 0.4) is 0 Å². The van der Waals surface area contributed by atoms with Gasteiger partial charge in [-0.25, -0.2) is 17.7 Å². The molecule has 1 heterocycles. The molecule has 7 heteroatoms. The van der Waals surface area contributed by atoms with Gasteiger partial charge in [0.25, 0.3) is 0 Å². The van der Waals surface area contributed by atoms with Crippen LogP contribution in [0.25, 0.3) is 0 Å². The fourth-order valence-corrected chi connectivity index (χ4v) is 2.92. The number of anilines is 1. The maximum atomic E-state index is 12.0. The van der Waals surface area contributed by atoms with Gasteiger partial charge in [-0.1, -0.05) is 18.2 Å². The molecule has 1 unspecified atom stereocenters. The maximum Gasteiger partial charge on any atom is 0.242 e. The van der Waals surface area contributed by atoms with E-state index in [1.807, 2.05) is 13.0 Å². The van der Waals surface area contributed by atoms with Gasteiger partial charge in [0.2, 0.25) is 10.0 Å². The standard InChI is InChI=1S/C16H18N4O2S/c1-12(18-16-6-4-5-14(11-17)19-16)13-7-9-15(10-8-13)23(21,22)20(2)3/h4-10,12H,1-3H3,(H,18,19). The van der Waals surface area contributed by atoms with E-state index in [1.54, 1.807) is 42.5 Å². The zero-order chi connectivity index (χ0) is 17.0. The molecule has 2 rings (SSSR count). The summed E-state index contributed by atoms with van der Waals surface area (Å²) in [5.41, 5.74) is 1.27. The fourth-order valence-electron chi connectivity index (χ4n) is 2.02. The minimum absolute atomic E-state index is 0.0763. The van der Waals surface area contributed by atoms with Gasteiger partial charge in [0.05, 0.1) is 4.90 Å². The summed E-state index contributed by atoms with van der Waals surface area (Å²) >= 11 is 0. The Kier molecular flexibility index (Phi) is 4.98. The topological polar surface area (TPSA) is 86.1 Å². The predicted octanol–water partition coefficient (Wildman–Crippen LogP) is 2.38. The molecule has 0 aliphatic carbocycles. The number of benzene rings is 1. The highest BCUT2D eigenvalue weighted by Gasteiger charge is 2.17. The van der Waals surface area contributed by atoms with Gasteiger partial charge in [0.15, 0.2) is 0 Å². The lowest BCUT2D eigenvalue weighted by atomic mass is 10.1. The number of nitriles is 1. The average molecular weight is 330 g/mol. The summed E-state index contributed by atoms with van der Waals surface area (Å²) in [7, 11) is -0.420. The second-order valence-corrected chi connectivity index (χ2v) is 7.39. The molecule has 2 aromatic rings. The Balaban J connectivity index is 2.17. The number of aromatic nitrogens is 1. The number of hydrogen-bond acceptors (Lipinski definition) is 5. The highest BCUT2D eigenvalue weighted by molar-refractivity contribution is 7.89. The summed E-state index contributed by atoms with van der Waals surface area (Å²) in [6.45, 7) is 1.94. The van der Waals surface area contributed by atoms with Crippen molar-refractivity contribution in [2.75, 3.05) is 19.4 Å². The summed E-state index contributed by atoms with van der Waals surface area (Å²) in [5.74, 6) is 0.599. The van der Waals surface area contributed by atoms with E-state index in [9.17, 15) is 8.42 Å². The molecule has 0 aliphatic rings. The van der Waals surface area contributed by atoms with Crippen LogP contribution in [0.5, 0.6) is 0 Å². The monoisotopic (exact) mass is 330 g/mol. The fraction of sp³-hybridized carbons (Fsp3) is 0.250. The largest absolute Gasteiger partial charge is 0.364 e. The molecule has 0 saturated heterocycles. The molecule has 1 aromatic carbocycles. The van der Waals surface area contributed by atoms with E-state index in [-0.39, 0.29) is 10.9 Å². The third-order valence-corrected chi connectivity index (χ3v) is 5.22. The number of sulfonamides is 1. The molecule has 6 nitrogen and oxygen atoms in total. The second kappa shape index (κ2) is 6.77. The first-order valence-electron chi connectivity index (χ1n) is 7.01. The molecule has 0 saturated carbocycles. The van der Waals surface area contributed by atoms with E-state index in [2.05, 4.69) is 10.3 Å². The number of rotatable bonds is 5. The molecule has 0 spiro atoms. The Morgan fingerprint density at radius 2 is 1.83 bits per heavy atom. The van der Waals surface area contributed by atoms with Crippen molar-refractivity contribution in [2.45, 2.75) is 17.9 Å². The van der Waals surface area contributed by atoms with E-state index in [1.165, 1.54) is 18.4 Å². The number of nitrogens with one attached hydrogen (secondary N) is 1. The SMILES string of the molecule is CC(Nc1cccc(C#N)n1)c1ccc(S(=O)(=O)N(C)C)cc1. The summed E-state index contributed by atoms with van der Waals surface area (Å²) in [6, 6.07) is 13.8. The van der Waals surface area contributed by atoms with Crippen LogP contribution >= 0.6 is 0 Å². The number of pyridine rings is 1. The molecule has 0 amide bonds. The Morgan fingerprint density at radius 1 is 1.17 bits per heavy atom. The molecule has 0 radical (unpaired) electrons. The van der Waals surface area contributed by atoms with Gasteiger partial charge in [0.1, 0.15) is 17.6 Å². The van der Waals surface area contributed by atoms with E-state index in [4.69, 9.17) is 5.26 Å². The van der Waals surface area contributed by atoms with Crippen molar-refractivity contribution in [3.8, 4) is 6.07 Å². The maximum absolute atomic E-state index is 12.0. The van der Waals surface area contributed by atoms with E-state index >= 15 is 0 Å². The van der Waals surface area contributed by atoms with Crippen LogP contribution in [0.4, 0.5) is 5.82 Å². The molecule has 0 bridgehead atoms. The smallest absolute Gasteiger partial charge is 0.242 e. The van der Waals surface area contributed by atoms with E-state index in [0.29, 0.717) is 11.5 Å². The molecular formula is C16H18N4O2S. The minimum atomic E-state index is -3.42. The van der Waals surface area contributed by atoms with Gasteiger partial charge in [-0.3, -0.25) is 0 Å². The zero-order valence-corrected chi connectivity index (χ0v) is 14.0. The van der Waals surface area contributed by atoms with Crippen molar-refractivity contribution in [2.24, 2.45) is 0 Å². The van der Waals surface area contributed by atoms with E-state index < -0.39 is 10.0 Å². The predicted molar refractivity (Wildman–Crippen MR) is 88.3 cm³/mol. The van der Waals surface area contributed by atoms with Crippen LogP contribution in [0.1, 0.15) is 24.2 Å². The summed E-state index contributed by atoms with van der Waals surface area (Å²) < 4.78 is 25.3. The molecule has 23 heavy (non-hydrogen) atoms. The van der Waals surface area contributed by atoms with Gasteiger partial charge in [-0.2, -0.15) is 5.26 Å². The average Bonchev–Trinajstić information content (AvgIpc) is 2.55. The highest BCUT2D eigenvalue weighted by atomic mass is 32.2. The summed E-state index contributed by atoms with van der Waals surface area (Å²) in [4.78, 5) is 4.41. The first-order valence-corrected chi connectivity index (χ1v) is 8.45. The minimum Gasteiger partial charge on any atom is -0.364 e. The van der Waals surface area contributed by atoms with Gasteiger partial charge < -0.3 is 5.32 Å². The van der Waals surface area contributed by atoms with Crippen LogP contribution in [-0.4, -0.2) is 31.8 Å². The van der Waals surface area contributed by atoms with Crippen molar-refractivity contribution in [3.05, 3.63) is 53.7 Å². The van der Waals surface area contributed by atoms with Gasteiger partial charge >= 0.3 is 0 Å². The lowest BCUT2D eigenvalue weighted by Crippen LogP contribution is -2.22. The van der Waals surface area contributed by atoms with E-state index in [0.717, 1.165) is 5.56 Å². The molecule has 0 aliphatic heterocycles. The van der Waals surface area contributed by atoms with Gasteiger partial charge in [-0.15, -0.1) is 0 Å². The Labute approximate surface area is 136 Å². The Morgan fingerprint density at radius 3 is 2.39 bits per heavy atom. The first kappa shape index (κ1) is 16.9. The molecule has 1 atom stereocenters. The molecule has 120 valence electrons. The summed E-state index contributed by atoms with van der Waals surface area (Å²) in [6.07, 6.45) is 0. The molecule has 1 N–H and O–H groups in total. The second-order valence-electron chi connectivity index (χ2n) is 5.24. The van der Waals surface area contributed by atoms with Crippen LogP contribution in [-0.2, 0) is 10.0 Å². The zero-order valence-electron chi connectivity index (χ0n) is 13.2. The van der Waals surface area contributed by atoms with Crippen molar-refractivity contribution in [1.29, 1.82) is 5.26 Å². The van der Waals surface area contributed by atoms with Gasteiger partial charge in [0, 0.05) is 20.1 Å². The first-order chi connectivity index (χ1) is 10.8. The third kappa shape index (κ3) is 3.86. The number of nitrogens with zero attached hydrogens (tertiary/aromatic N) is 3. The van der Waals surface area contributed by atoms with Crippen LogP contribution in [0.15, 0.2) is 47.4 Å². The third-order valence-electron chi connectivity index (χ3n) is 3.39. The Hall–Kier alpha value is -2.43. The van der Waals surface area contributed by atoms with Gasteiger partial charge in [-0.05, 0) is 36.8 Å². The molecule has 1 aromatic heterocycles. The van der Waals surface area contributed by atoms with Crippen LogP contribution in [0, 0.1) is 11.3 Å².